The molecule has 0 aliphatic heterocycles. The number of benzene rings is 1. The zero-order valence-corrected chi connectivity index (χ0v) is 17.9. The predicted octanol–water partition coefficient (Wildman–Crippen LogP) is 8.64. The van der Waals surface area contributed by atoms with Gasteiger partial charge in [-0.3, -0.25) is 0 Å². The first kappa shape index (κ1) is 22.5. The summed E-state index contributed by atoms with van der Waals surface area (Å²) in [7, 11) is 0. The number of hydrogen-bond acceptors (Lipinski definition) is 1. The minimum absolute atomic E-state index is 0.126. The van der Waals surface area contributed by atoms with E-state index in [-0.39, 0.29) is 5.75 Å². The molecule has 164 valence electrons. The van der Waals surface area contributed by atoms with Gasteiger partial charge < -0.3 is 4.74 Å². The van der Waals surface area contributed by atoms with E-state index in [1.807, 2.05) is 0 Å². The van der Waals surface area contributed by atoms with Crippen LogP contribution in [-0.2, 0) is 0 Å². The van der Waals surface area contributed by atoms with Gasteiger partial charge in [0.2, 0.25) is 0 Å². The summed E-state index contributed by atoms with van der Waals surface area (Å²) in [6.07, 6.45) is 12.9. The molecule has 1 aromatic carbocycles. The largest absolute Gasteiger partial charge is 0.573 e. The van der Waals surface area contributed by atoms with E-state index in [0.717, 1.165) is 36.2 Å². The van der Waals surface area contributed by atoms with Gasteiger partial charge in [0, 0.05) is 0 Å². The average Bonchev–Trinajstić information content (AvgIpc) is 2.70. The molecule has 0 amide bonds. The Hall–Kier alpha value is -1.19. The quantitative estimate of drug-likeness (QED) is 0.417. The van der Waals surface area contributed by atoms with Crippen molar-refractivity contribution in [1.82, 2.24) is 0 Å². The molecule has 0 unspecified atom stereocenters. The summed E-state index contributed by atoms with van der Waals surface area (Å²) in [5.74, 6) is 3.17. The van der Waals surface area contributed by atoms with Crippen LogP contribution in [0.1, 0.15) is 102 Å². The van der Waals surface area contributed by atoms with Gasteiger partial charge in [-0.25, -0.2) is 0 Å². The van der Waals surface area contributed by atoms with Crippen molar-refractivity contribution < 1.29 is 17.9 Å². The first-order valence-electron chi connectivity index (χ1n) is 11.8. The van der Waals surface area contributed by atoms with Crippen molar-refractivity contribution in [1.29, 1.82) is 0 Å². The lowest BCUT2D eigenvalue weighted by Gasteiger charge is -2.31. The maximum Gasteiger partial charge on any atom is 0.573 e. The number of alkyl halides is 3. The number of rotatable bonds is 8. The van der Waals surface area contributed by atoms with E-state index < -0.39 is 6.36 Å². The van der Waals surface area contributed by atoms with E-state index >= 15 is 0 Å². The smallest absolute Gasteiger partial charge is 0.406 e. The van der Waals surface area contributed by atoms with Gasteiger partial charge in [-0.15, -0.1) is 13.2 Å². The lowest BCUT2D eigenvalue weighted by molar-refractivity contribution is -0.274. The molecule has 0 bridgehead atoms. The molecule has 0 saturated heterocycles. The van der Waals surface area contributed by atoms with E-state index in [9.17, 15) is 13.2 Å². The van der Waals surface area contributed by atoms with Crippen molar-refractivity contribution in [2.24, 2.45) is 17.8 Å². The second-order valence-corrected chi connectivity index (χ2v) is 9.44. The number of halogens is 3. The fourth-order valence-electron chi connectivity index (χ4n) is 5.64. The Balaban J connectivity index is 1.32. The molecule has 4 heteroatoms. The lowest BCUT2D eigenvalue weighted by Crippen LogP contribution is -2.17. The molecule has 0 radical (unpaired) electrons. The zero-order valence-electron chi connectivity index (χ0n) is 17.9. The van der Waals surface area contributed by atoms with E-state index in [0.29, 0.717) is 5.92 Å². The van der Waals surface area contributed by atoms with Gasteiger partial charge in [0.05, 0.1) is 0 Å². The van der Waals surface area contributed by atoms with E-state index in [1.165, 1.54) is 82.8 Å². The van der Waals surface area contributed by atoms with Crippen LogP contribution in [0.5, 0.6) is 5.75 Å². The molecule has 0 aromatic heterocycles. The number of ether oxygens (including phenoxy) is 1. The summed E-state index contributed by atoms with van der Waals surface area (Å²) >= 11 is 0. The van der Waals surface area contributed by atoms with Crippen LogP contribution in [0.4, 0.5) is 13.2 Å². The van der Waals surface area contributed by atoms with Crippen LogP contribution in [0.3, 0.4) is 0 Å². The Morgan fingerprint density at radius 3 is 1.72 bits per heavy atom. The fourth-order valence-corrected chi connectivity index (χ4v) is 5.64. The van der Waals surface area contributed by atoms with Crippen LogP contribution >= 0.6 is 0 Å². The molecule has 0 spiro atoms. The monoisotopic (exact) mass is 410 g/mol. The molecule has 0 atom stereocenters. The molecular weight excluding hydrogens is 373 g/mol. The summed E-state index contributed by atoms with van der Waals surface area (Å²) in [4.78, 5) is 0. The maximum atomic E-state index is 12.3. The van der Waals surface area contributed by atoms with Crippen molar-refractivity contribution in [3.63, 3.8) is 0 Å². The summed E-state index contributed by atoms with van der Waals surface area (Å²) in [6.45, 7) is 2.30. The van der Waals surface area contributed by atoms with Crippen molar-refractivity contribution in [3.05, 3.63) is 29.8 Å². The molecule has 2 fully saturated rings. The molecule has 3 rings (SSSR count). The Morgan fingerprint density at radius 1 is 0.759 bits per heavy atom. The first-order valence-corrected chi connectivity index (χ1v) is 11.8. The summed E-state index contributed by atoms with van der Waals surface area (Å²) in [6, 6.07) is 6.51. The van der Waals surface area contributed by atoms with Crippen LogP contribution in [0.15, 0.2) is 24.3 Å². The molecule has 2 saturated carbocycles. The van der Waals surface area contributed by atoms with Gasteiger partial charge in [-0.2, -0.15) is 0 Å². The molecule has 0 N–H and O–H groups in total. The second-order valence-electron chi connectivity index (χ2n) is 9.44. The predicted molar refractivity (Wildman–Crippen MR) is 112 cm³/mol. The van der Waals surface area contributed by atoms with Crippen LogP contribution in [0.25, 0.3) is 0 Å². The molecule has 2 aliphatic rings. The molecule has 2 aliphatic carbocycles. The van der Waals surface area contributed by atoms with Gasteiger partial charge in [0.25, 0.3) is 0 Å². The average molecular weight is 411 g/mol. The van der Waals surface area contributed by atoms with Gasteiger partial charge in [-0.1, -0.05) is 76.8 Å². The summed E-state index contributed by atoms with van der Waals surface area (Å²) in [5, 5.41) is 0. The number of hydrogen-bond donors (Lipinski definition) is 0. The molecule has 0 heterocycles. The fraction of sp³-hybridized carbons (Fsp3) is 0.760. The summed E-state index contributed by atoms with van der Waals surface area (Å²) in [5.41, 5.74) is 1.15. The Kier molecular flexibility index (Phi) is 8.32. The zero-order chi connectivity index (χ0) is 20.7. The van der Waals surface area contributed by atoms with Crippen molar-refractivity contribution >= 4 is 0 Å². The third-order valence-corrected chi connectivity index (χ3v) is 7.32. The van der Waals surface area contributed by atoms with E-state index in [1.54, 1.807) is 12.1 Å². The van der Waals surface area contributed by atoms with Crippen molar-refractivity contribution in [2.75, 3.05) is 0 Å². The highest BCUT2D eigenvalue weighted by Crippen LogP contribution is 2.39. The Labute approximate surface area is 174 Å². The van der Waals surface area contributed by atoms with Crippen molar-refractivity contribution in [2.45, 2.75) is 103 Å². The SMILES string of the molecule is CCCC1CCC(CCCC2CCC(c3ccc(OC(F)(F)F)cc3)CC2)CC1. The highest BCUT2D eigenvalue weighted by atomic mass is 19.4. The first-order chi connectivity index (χ1) is 13.9. The normalized spacial score (nSPS) is 28.3. The molecular formula is C25H37F3O. The Morgan fingerprint density at radius 2 is 1.24 bits per heavy atom. The molecule has 29 heavy (non-hydrogen) atoms. The van der Waals surface area contributed by atoms with Crippen LogP contribution in [0.2, 0.25) is 0 Å². The van der Waals surface area contributed by atoms with E-state index in [2.05, 4.69) is 11.7 Å². The van der Waals surface area contributed by atoms with Gasteiger partial charge >= 0.3 is 6.36 Å². The Bertz CT molecular complexity index is 579. The van der Waals surface area contributed by atoms with Crippen LogP contribution in [0, 0.1) is 17.8 Å². The van der Waals surface area contributed by atoms with Gasteiger partial charge in [-0.05, 0) is 67.1 Å². The summed E-state index contributed by atoms with van der Waals surface area (Å²) < 4.78 is 40.8. The third kappa shape index (κ3) is 7.53. The van der Waals surface area contributed by atoms with E-state index in [4.69, 9.17) is 0 Å². The highest BCUT2D eigenvalue weighted by molar-refractivity contribution is 5.29. The molecule has 1 nitrogen and oxygen atoms in total. The van der Waals surface area contributed by atoms with Crippen LogP contribution in [-0.4, -0.2) is 6.36 Å². The van der Waals surface area contributed by atoms with Crippen LogP contribution < -0.4 is 4.74 Å². The highest BCUT2D eigenvalue weighted by Gasteiger charge is 2.31. The minimum atomic E-state index is -4.62. The lowest BCUT2D eigenvalue weighted by atomic mass is 9.75. The standard InChI is InChI=1S/C25H37F3O/c1-2-4-19-7-9-20(10-8-19)5-3-6-21-11-13-22(14-12-21)23-15-17-24(18-16-23)29-25(26,27)28/h15-22H,2-14H2,1H3. The van der Waals surface area contributed by atoms with Crippen molar-refractivity contribution in [3.8, 4) is 5.75 Å². The van der Waals surface area contributed by atoms with Gasteiger partial charge in [0.1, 0.15) is 5.75 Å². The van der Waals surface area contributed by atoms with Gasteiger partial charge in [0.15, 0.2) is 0 Å². The topological polar surface area (TPSA) is 9.23 Å². The molecule has 1 aromatic rings. The minimum Gasteiger partial charge on any atom is -0.406 e. The maximum absolute atomic E-state index is 12.3. The second kappa shape index (κ2) is 10.7. The third-order valence-electron chi connectivity index (χ3n) is 7.32.